The first-order valence-corrected chi connectivity index (χ1v) is 8.82. The molecule has 0 N–H and O–H groups in total. The van der Waals surface area contributed by atoms with E-state index in [1.807, 2.05) is 41.3 Å². The number of hydrogen-bond donors (Lipinski definition) is 0. The molecule has 126 valence electrons. The highest BCUT2D eigenvalue weighted by Crippen LogP contribution is 2.39. The zero-order valence-corrected chi connectivity index (χ0v) is 14.2. The minimum atomic E-state index is -0.143. The summed E-state index contributed by atoms with van der Waals surface area (Å²) in [6.07, 6.45) is 2.38. The van der Waals surface area contributed by atoms with Crippen LogP contribution in [0, 0.1) is 0 Å². The number of nitrogens with zero attached hydrogens (tertiary/aromatic N) is 1. The Bertz CT molecular complexity index is 641. The summed E-state index contributed by atoms with van der Waals surface area (Å²) in [4.78, 5) is 14.5. The van der Waals surface area contributed by atoms with Gasteiger partial charge in [0.05, 0.1) is 6.04 Å². The first-order valence-electron chi connectivity index (χ1n) is 8.82. The first kappa shape index (κ1) is 16.7. The van der Waals surface area contributed by atoms with Gasteiger partial charge >= 0.3 is 0 Å². The Balaban J connectivity index is 2.01. The highest BCUT2D eigenvalue weighted by atomic mass is 16.5. The second-order valence-electron chi connectivity index (χ2n) is 6.25. The molecule has 0 aliphatic carbocycles. The van der Waals surface area contributed by atoms with E-state index in [1.165, 1.54) is 0 Å². The summed E-state index contributed by atoms with van der Waals surface area (Å²) in [5.41, 5.74) is 2.26. The Morgan fingerprint density at radius 1 is 1.00 bits per heavy atom. The third kappa shape index (κ3) is 3.68. The van der Waals surface area contributed by atoms with E-state index >= 15 is 0 Å². The maximum Gasteiger partial charge on any atom is 0.223 e. The van der Waals surface area contributed by atoms with Crippen molar-refractivity contribution in [1.29, 1.82) is 0 Å². The molecule has 0 radical (unpaired) electrons. The van der Waals surface area contributed by atoms with E-state index in [-0.39, 0.29) is 18.1 Å². The summed E-state index contributed by atoms with van der Waals surface area (Å²) in [5, 5.41) is 0. The largest absolute Gasteiger partial charge is 0.371 e. The lowest BCUT2D eigenvalue weighted by Crippen LogP contribution is -2.35. The van der Waals surface area contributed by atoms with Gasteiger partial charge in [-0.3, -0.25) is 4.79 Å². The van der Waals surface area contributed by atoms with Crippen LogP contribution >= 0.6 is 0 Å². The van der Waals surface area contributed by atoms with Gasteiger partial charge in [-0.05, 0) is 24.0 Å². The molecule has 0 bridgehead atoms. The molecule has 1 amide bonds. The number of hydrogen-bond acceptors (Lipinski definition) is 2. The van der Waals surface area contributed by atoms with Crippen molar-refractivity contribution in [3.8, 4) is 0 Å². The lowest BCUT2D eigenvalue weighted by Gasteiger charge is -2.35. The van der Waals surface area contributed by atoms with E-state index in [2.05, 4.69) is 31.2 Å². The Labute approximate surface area is 144 Å². The fourth-order valence-electron chi connectivity index (χ4n) is 3.39. The number of amides is 1. The predicted molar refractivity (Wildman–Crippen MR) is 95.6 cm³/mol. The Hall–Kier alpha value is -2.13. The van der Waals surface area contributed by atoms with Crippen LogP contribution in [0.3, 0.4) is 0 Å². The number of likely N-dealkylation sites (tertiary alicyclic amines) is 1. The van der Waals surface area contributed by atoms with E-state index in [9.17, 15) is 4.79 Å². The topological polar surface area (TPSA) is 29.5 Å². The van der Waals surface area contributed by atoms with Crippen molar-refractivity contribution in [2.45, 2.75) is 38.3 Å². The van der Waals surface area contributed by atoms with Gasteiger partial charge in [0.15, 0.2) is 0 Å². The molecular weight excluding hydrogens is 298 g/mol. The van der Waals surface area contributed by atoms with Crippen molar-refractivity contribution in [3.63, 3.8) is 0 Å². The number of benzene rings is 2. The van der Waals surface area contributed by atoms with Crippen LogP contribution in [0.25, 0.3) is 0 Å². The summed E-state index contributed by atoms with van der Waals surface area (Å²) in [5.74, 6) is 0.227. The molecule has 2 atom stereocenters. The molecule has 3 nitrogen and oxygen atoms in total. The van der Waals surface area contributed by atoms with Crippen LogP contribution in [0.4, 0.5) is 0 Å². The molecule has 1 fully saturated rings. The second-order valence-corrected chi connectivity index (χ2v) is 6.25. The average Bonchev–Trinajstić information content (AvgIpc) is 3.05. The summed E-state index contributed by atoms with van der Waals surface area (Å²) in [7, 11) is 0. The van der Waals surface area contributed by atoms with Gasteiger partial charge in [0.2, 0.25) is 5.91 Å². The van der Waals surface area contributed by atoms with Gasteiger partial charge in [0.25, 0.3) is 0 Å². The standard InChI is InChI=1S/C21H25NO2/c1-2-16-24-21(18-12-7-4-8-13-18)20(17-10-5-3-6-11-17)22-15-9-14-19(22)23/h3-8,10-13,20-21H,2,9,14-16H2,1H3/t20-,21-/m1/s1. The molecule has 0 spiro atoms. The summed E-state index contributed by atoms with van der Waals surface area (Å²) in [6.45, 7) is 3.60. The molecule has 3 rings (SSSR count). The number of rotatable bonds is 7. The molecule has 1 aliphatic heterocycles. The molecule has 0 aromatic heterocycles. The normalized spacial score (nSPS) is 17.0. The third-order valence-corrected chi connectivity index (χ3v) is 4.50. The highest BCUT2D eigenvalue weighted by molar-refractivity contribution is 5.78. The summed E-state index contributed by atoms with van der Waals surface area (Å²) >= 11 is 0. The SMILES string of the molecule is CCCO[C@H](c1ccccc1)[C@@H](c1ccccc1)N1CCCC1=O. The zero-order valence-electron chi connectivity index (χ0n) is 14.2. The molecule has 1 heterocycles. The van der Waals surface area contributed by atoms with Crippen LogP contribution in [-0.2, 0) is 9.53 Å². The van der Waals surface area contributed by atoms with Crippen molar-refractivity contribution in [3.05, 3.63) is 71.8 Å². The molecule has 2 aromatic carbocycles. The second kappa shape index (κ2) is 8.11. The lowest BCUT2D eigenvalue weighted by molar-refractivity contribution is -0.133. The van der Waals surface area contributed by atoms with Crippen LogP contribution in [0.15, 0.2) is 60.7 Å². The number of carbonyl (C=O) groups excluding carboxylic acids is 1. The quantitative estimate of drug-likeness (QED) is 0.750. The molecule has 2 aromatic rings. The van der Waals surface area contributed by atoms with Crippen molar-refractivity contribution >= 4 is 5.91 Å². The van der Waals surface area contributed by atoms with Gasteiger partial charge < -0.3 is 9.64 Å². The van der Waals surface area contributed by atoms with E-state index in [0.29, 0.717) is 13.0 Å². The van der Waals surface area contributed by atoms with Gasteiger partial charge in [-0.25, -0.2) is 0 Å². The average molecular weight is 323 g/mol. The Morgan fingerprint density at radius 3 is 2.17 bits per heavy atom. The molecule has 0 saturated carbocycles. The van der Waals surface area contributed by atoms with Crippen molar-refractivity contribution in [1.82, 2.24) is 4.90 Å². The maximum atomic E-state index is 12.5. The molecule has 0 unspecified atom stereocenters. The maximum absolute atomic E-state index is 12.5. The van der Waals surface area contributed by atoms with Crippen LogP contribution in [0.1, 0.15) is 49.5 Å². The molecule has 24 heavy (non-hydrogen) atoms. The minimum Gasteiger partial charge on any atom is -0.371 e. The van der Waals surface area contributed by atoms with E-state index < -0.39 is 0 Å². The van der Waals surface area contributed by atoms with Gasteiger partial charge in [-0.15, -0.1) is 0 Å². The lowest BCUT2D eigenvalue weighted by atomic mass is 9.94. The summed E-state index contributed by atoms with van der Waals surface area (Å²) < 4.78 is 6.26. The zero-order chi connectivity index (χ0) is 16.8. The van der Waals surface area contributed by atoms with Crippen molar-refractivity contribution in [2.24, 2.45) is 0 Å². The van der Waals surface area contributed by atoms with Gasteiger partial charge in [0, 0.05) is 19.6 Å². The third-order valence-electron chi connectivity index (χ3n) is 4.50. The monoisotopic (exact) mass is 323 g/mol. The van der Waals surface area contributed by atoms with Crippen LogP contribution in [-0.4, -0.2) is 24.0 Å². The number of ether oxygens (including phenoxy) is 1. The number of carbonyl (C=O) groups is 1. The van der Waals surface area contributed by atoms with Crippen molar-refractivity contribution in [2.75, 3.05) is 13.2 Å². The van der Waals surface area contributed by atoms with Crippen LogP contribution < -0.4 is 0 Å². The Kier molecular flexibility index (Phi) is 5.65. The van der Waals surface area contributed by atoms with Gasteiger partial charge in [-0.1, -0.05) is 67.6 Å². The van der Waals surface area contributed by atoms with Gasteiger partial charge in [-0.2, -0.15) is 0 Å². The summed E-state index contributed by atoms with van der Waals surface area (Å²) in [6, 6.07) is 20.5. The fraction of sp³-hybridized carbons (Fsp3) is 0.381. The fourth-order valence-corrected chi connectivity index (χ4v) is 3.39. The van der Waals surface area contributed by atoms with E-state index in [1.54, 1.807) is 0 Å². The highest BCUT2D eigenvalue weighted by Gasteiger charge is 2.36. The molecule has 1 saturated heterocycles. The first-order chi connectivity index (χ1) is 11.8. The Morgan fingerprint density at radius 2 is 1.62 bits per heavy atom. The molecular formula is C21H25NO2. The van der Waals surface area contributed by atoms with Crippen LogP contribution in [0.2, 0.25) is 0 Å². The van der Waals surface area contributed by atoms with Crippen molar-refractivity contribution < 1.29 is 9.53 Å². The van der Waals surface area contributed by atoms with Gasteiger partial charge in [0.1, 0.15) is 6.10 Å². The molecule has 1 aliphatic rings. The predicted octanol–water partition coefficient (Wildman–Crippen LogP) is 4.52. The minimum absolute atomic E-state index is 0.0739. The smallest absolute Gasteiger partial charge is 0.223 e. The van der Waals surface area contributed by atoms with E-state index in [0.717, 1.165) is 30.5 Å². The van der Waals surface area contributed by atoms with Crippen LogP contribution in [0.5, 0.6) is 0 Å². The molecule has 3 heteroatoms. The van der Waals surface area contributed by atoms with E-state index in [4.69, 9.17) is 4.74 Å².